The lowest BCUT2D eigenvalue weighted by atomic mass is 10.2. The summed E-state index contributed by atoms with van der Waals surface area (Å²) in [4.78, 5) is 12.5. The van der Waals surface area contributed by atoms with Gasteiger partial charge in [0.1, 0.15) is 12.4 Å². The van der Waals surface area contributed by atoms with Crippen molar-refractivity contribution >= 4 is 33.2 Å². The van der Waals surface area contributed by atoms with Crippen molar-refractivity contribution in [3.05, 3.63) is 95.9 Å². The van der Waals surface area contributed by atoms with Gasteiger partial charge in [0.05, 0.1) is 28.4 Å². The Morgan fingerprint density at radius 3 is 2.70 bits per heavy atom. The van der Waals surface area contributed by atoms with Gasteiger partial charge in [-0.05, 0) is 48.9 Å². The summed E-state index contributed by atoms with van der Waals surface area (Å²) in [6.45, 7) is 4.88. The zero-order valence-corrected chi connectivity index (χ0v) is 19.5. The number of anilines is 1. The van der Waals surface area contributed by atoms with E-state index in [2.05, 4.69) is 11.9 Å². The largest absolute Gasteiger partial charge is 0.467 e. The van der Waals surface area contributed by atoms with E-state index in [0.717, 1.165) is 10.1 Å². The normalized spacial score (nSPS) is 11.2. The summed E-state index contributed by atoms with van der Waals surface area (Å²) in [6.07, 6.45) is 3.66. The van der Waals surface area contributed by atoms with E-state index < -0.39 is 10.0 Å². The van der Waals surface area contributed by atoms with Crippen LogP contribution in [0.2, 0.25) is 5.02 Å². The van der Waals surface area contributed by atoms with Crippen molar-refractivity contribution in [1.82, 2.24) is 5.32 Å². The lowest BCUT2D eigenvalue weighted by Crippen LogP contribution is -2.32. The average molecular weight is 489 g/mol. The van der Waals surface area contributed by atoms with Gasteiger partial charge in [-0.25, -0.2) is 8.42 Å². The number of furan rings is 1. The molecule has 1 heterocycles. The first kappa shape index (κ1) is 24.6. The van der Waals surface area contributed by atoms with Crippen LogP contribution >= 0.6 is 11.6 Å². The number of amides is 1. The highest BCUT2D eigenvalue weighted by atomic mass is 35.5. The molecule has 0 radical (unpaired) electrons. The Balaban J connectivity index is 1.64. The maximum absolute atomic E-state index is 13.3. The monoisotopic (exact) mass is 488 g/mol. The van der Waals surface area contributed by atoms with Crippen molar-refractivity contribution in [2.24, 2.45) is 0 Å². The van der Waals surface area contributed by atoms with Gasteiger partial charge in [0, 0.05) is 18.7 Å². The van der Waals surface area contributed by atoms with Crippen molar-refractivity contribution in [3.63, 3.8) is 0 Å². The highest BCUT2D eigenvalue weighted by Gasteiger charge is 2.26. The summed E-state index contributed by atoms with van der Waals surface area (Å²) >= 11 is 6.23. The SMILES string of the molecule is C=CCN(c1ccccc1Cl)S(=O)(=O)c1cccc(C(=O)NCCCOCc2ccco2)c1. The van der Waals surface area contributed by atoms with Crippen LogP contribution in [0.15, 0.2) is 88.9 Å². The predicted octanol–water partition coefficient (Wildman–Crippen LogP) is 4.65. The molecule has 7 nitrogen and oxygen atoms in total. The highest BCUT2D eigenvalue weighted by molar-refractivity contribution is 7.92. The minimum absolute atomic E-state index is 0.0151. The molecule has 0 fully saturated rings. The van der Waals surface area contributed by atoms with Crippen LogP contribution in [0.3, 0.4) is 0 Å². The number of halogens is 1. The zero-order valence-electron chi connectivity index (χ0n) is 17.9. The van der Waals surface area contributed by atoms with Crippen LogP contribution < -0.4 is 9.62 Å². The van der Waals surface area contributed by atoms with E-state index >= 15 is 0 Å². The summed E-state index contributed by atoms with van der Waals surface area (Å²) in [6, 6.07) is 16.2. The van der Waals surface area contributed by atoms with Gasteiger partial charge in [0.2, 0.25) is 0 Å². The first-order valence-corrected chi connectivity index (χ1v) is 12.1. The van der Waals surface area contributed by atoms with Gasteiger partial charge in [0.15, 0.2) is 0 Å². The predicted molar refractivity (Wildman–Crippen MR) is 128 cm³/mol. The van der Waals surface area contributed by atoms with Crippen LogP contribution in [0, 0.1) is 0 Å². The zero-order chi connectivity index (χ0) is 23.7. The second kappa shape index (κ2) is 11.7. The molecule has 0 saturated heterocycles. The summed E-state index contributed by atoms with van der Waals surface area (Å²) in [5.74, 6) is 0.366. The van der Waals surface area contributed by atoms with Crippen molar-refractivity contribution in [3.8, 4) is 0 Å². The third kappa shape index (κ3) is 6.47. The molecule has 3 aromatic rings. The molecule has 0 saturated carbocycles. The van der Waals surface area contributed by atoms with Gasteiger partial charge >= 0.3 is 0 Å². The molecule has 1 amide bonds. The number of nitrogens with one attached hydrogen (secondary N) is 1. The molecule has 0 aliphatic rings. The topological polar surface area (TPSA) is 88.9 Å². The summed E-state index contributed by atoms with van der Waals surface area (Å²) in [5, 5.41) is 3.08. The highest BCUT2D eigenvalue weighted by Crippen LogP contribution is 2.30. The van der Waals surface area contributed by atoms with E-state index in [1.807, 2.05) is 6.07 Å². The van der Waals surface area contributed by atoms with Gasteiger partial charge in [-0.3, -0.25) is 9.10 Å². The molecule has 174 valence electrons. The molecule has 33 heavy (non-hydrogen) atoms. The number of rotatable bonds is 12. The molecule has 0 unspecified atom stereocenters. The van der Waals surface area contributed by atoms with Crippen LogP contribution in [-0.2, 0) is 21.4 Å². The van der Waals surface area contributed by atoms with Gasteiger partial charge < -0.3 is 14.5 Å². The van der Waals surface area contributed by atoms with E-state index in [-0.39, 0.29) is 22.9 Å². The number of sulfonamides is 1. The number of nitrogens with zero attached hydrogens (tertiary/aromatic N) is 1. The number of para-hydroxylation sites is 1. The molecular weight excluding hydrogens is 464 g/mol. The second-order valence-corrected chi connectivity index (χ2v) is 9.31. The first-order chi connectivity index (χ1) is 15.9. The molecule has 2 aromatic carbocycles. The van der Waals surface area contributed by atoms with Crippen LogP contribution in [0.1, 0.15) is 22.5 Å². The smallest absolute Gasteiger partial charge is 0.264 e. The number of ether oxygens (including phenoxy) is 1. The van der Waals surface area contributed by atoms with Crippen molar-refractivity contribution in [1.29, 1.82) is 0 Å². The van der Waals surface area contributed by atoms with E-state index in [0.29, 0.717) is 36.9 Å². The summed E-state index contributed by atoms with van der Waals surface area (Å²) < 4.78 is 38.5. The number of carbonyl (C=O) groups excluding carboxylic acids is 1. The standard InChI is InChI=1S/C24H25ClN2O5S/c1-2-14-27(23-12-4-3-11-22(23)25)33(29,30)21-10-5-8-19(17-21)24(28)26-13-7-15-31-18-20-9-6-16-32-20/h2-6,8-12,16-17H,1,7,13-15,18H2,(H,26,28). The molecule has 0 aliphatic heterocycles. The van der Waals surface area contributed by atoms with E-state index in [1.165, 1.54) is 24.3 Å². The van der Waals surface area contributed by atoms with Crippen LogP contribution in [0.4, 0.5) is 5.69 Å². The molecule has 0 bridgehead atoms. The Kier molecular flexibility index (Phi) is 8.71. The Labute approximate surface area is 198 Å². The minimum atomic E-state index is -3.98. The molecule has 9 heteroatoms. The third-order valence-corrected chi connectivity index (χ3v) is 6.77. The number of carbonyl (C=O) groups is 1. The third-order valence-electron chi connectivity index (χ3n) is 4.68. The number of hydrogen-bond acceptors (Lipinski definition) is 5. The van der Waals surface area contributed by atoms with Crippen molar-refractivity contribution in [2.75, 3.05) is 24.0 Å². The number of benzene rings is 2. The van der Waals surface area contributed by atoms with Crippen molar-refractivity contribution < 1.29 is 22.4 Å². The van der Waals surface area contributed by atoms with E-state index in [1.54, 1.807) is 42.7 Å². The molecule has 0 atom stereocenters. The van der Waals surface area contributed by atoms with Gasteiger partial charge in [-0.1, -0.05) is 35.9 Å². The average Bonchev–Trinajstić information content (AvgIpc) is 3.34. The Morgan fingerprint density at radius 1 is 1.15 bits per heavy atom. The number of hydrogen-bond donors (Lipinski definition) is 1. The molecule has 0 aliphatic carbocycles. The maximum atomic E-state index is 13.3. The van der Waals surface area contributed by atoms with Gasteiger partial charge in [0.25, 0.3) is 15.9 Å². The Bertz CT molecular complexity index is 1180. The molecule has 0 spiro atoms. The van der Waals surface area contributed by atoms with E-state index in [9.17, 15) is 13.2 Å². The second-order valence-electron chi connectivity index (χ2n) is 7.05. The van der Waals surface area contributed by atoms with E-state index in [4.69, 9.17) is 20.8 Å². The van der Waals surface area contributed by atoms with Crippen LogP contribution in [0.25, 0.3) is 0 Å². The first-order valence-electron chi connectivity index (χ1n) is 10.3. The quantitative estimate of drug-likeness (QED) is 0.296. The maximum Gasteiger partial charge on any atom is 0.264 e. The van der Waals surface area contributed by atoms with Crippen LogP contribution in [-0.4, -0.2) is 34.0 Å². The van der Waals surface area contributed by atoms with Gasteiger partial charge in [-0.15, -0.1) is 6.58 Å². The minimum Gasteiger partial charge on any atom is -0.467 e. The van der Waals surface area contributed by atoms with Gasteiger partial charge in [-0.2, -0.15) is 0 Å². The Morgan fingerprint density at radius 2 is 1.97 bits per heavy atom. The molecular formula is C24H25ClN2O5S. The van der Waals surface area contributed by atoms with Crippen molar-refractivity contribution in [2.45, 2.75) is 17.9 Å². The molecule has 1 aromatic heterocycles. The molecule has 3 rings (SSSR count). The lowest BCUT2D eigenvalue weighted by molar-refractivity contribution is 0.0917. The summed E-state index contributed by atoms with van der Waals surface area (Å²) in [5.41, 5.74) is 0.578. The lowest BCUT2D eigenvalue weighted by Gasteiger charge is -2.24. The van der Waals surface area contributed by atoms with Crippen LogP contribution in [0.5, 0.6) is 0 Å². The summed E-state index contributed by atoms with van der Waals surface area (Å²) in [7, 11) is -3.98. The molecule has 1 N–H and O–H groups in total. The fourth-order valence-electron chi connectivity index (χ4n) is 3.07. The fraction of sp³-hybridized carbons (Fsp3) is 0.208. The Hall–Kier alpha value is -3.07. The fourth-order valence-corrected chi connectivity index (χ4v) is 4.86.